The molecule has 0 spiro atoms. The maximum Gasteiger partial charge on any atom is 0.215 e. The highest BCUT2D eigenvalue weighted by molar-refractivity contribution is 7.89. The van der Waals surface area contributed by atoms with Crippen molar-refractivity contribution < 1.29 is 13.5 Å². The molecule has 0 amide bonds. The standard InChI is InChI=1S/C18H22N2O3S/c1-4-24(22,23)20-16(11-19)18(17(20)12-21)15-9-7-14(8-10-15)6-5-13(2)3/h7-10,13,16-18,21H,4,12H2,1-3H3/t16-,17+,18+/m0/s1. The fourth-order valence-corrected chi connectivity index (χ4v) is 4.35. The van der Waals surface area contributed by atoms with Gasteiger partial charge in [0.05, 0.1) is 24.5 Å². The average molecular weight is 346 g/mol. The first-order chi connectivity index (χ1) is 11.4. The normalized spacial score (nSPS) is 23.9. The lowest BCUT2D eigenvalue weighted by Crippen LogP contribution is -2.65. The van der Waals surface area contributed by atoms with E-state index in [0.717, 1.165) is 15.4 Å². The highest BCUT2D eigenvalue weighted by Gasteiger charge is 2.54. The summed E-state index contributed by atoms with van der Waals surface area (Å²) in [6.07, 6.45) is 0. The predicted molar refractivity (Wildman–Crippen MR) is 92.5 cm³/mol. The maximum atomic E-state index is 12.1. The molecule has 0 aromatic heterocycles. The van der Waals surface area contributed by atoms with Gasteiger partial charge in [-0.15, -0.1) is 0 Å². The van der Waals surface area contributed by atoms with Crippen LogP contribution < -0.4 is 0 Å². The number of hydrogen-bond acceptors (Lipinski definition) is 4. The Morgan fingerprint density at radius 3 is 2.38 bits per heavy atom. The zero-order valence-corrected chi connectivity index (χ0v) is 14.9. The van der Waals surface area contributed by atoms with Crippen molar-refractivity contribution in [2.75, 3.05) is 12.4 Å². The van der Waals surface area contributed by atoms with E-state index in [-0.39, 0.29) is 24.2 Å². The fourth-order valence-electron chi connectivity index (χ4n) is 2.91. The summed E-state index contributed by atoms with van der Waals surface area (Å²) < 4.78 is 25.4. The maximum absolute atomic E-state index is 12.1. The Morgan fingerprint density at radius 1 is 1.29 bits per heavy atom. The summed E-state index contributed by atoms with van der Waals surface area (Å²) in [5.41, 5.74) is 1.72. The van der Waals surface area contributed by atoms with Crippen molar-refractivity contribution in [1.29, 1.82) is 5.26 Å². The molecule has 1 aromatic rings. The zero-order chi connectivity index (χ0) is 17.9. The quantitative estimate of drug-likeness (QED) is 0.841. The largest absolute Gasteiger partial charge is 0.395 e. The molecule has 24 heavy (non-hydrogen) atoms. The van der Waals surface area contributed by atoms with Crippen LogP contribution >= 0.6 is 0 Å². The van der Waals surface area contributed by atoms with Crippen molar-refractivity contribution in [1.82, 2.24) is 4.31 Å². The van der Waals surface area contributed by atoms with Crippen molar-refractivity contribution in [2.24, 2.45) is 5.92 Å². The second-order valence-electron chi connectivity index (χ2n) is 6.13. The van der Waals surface area contributed by atoms with Crippen LogP contribution in [0.1, 0.15) is 37.8 Å². The Bertz CT molecular complexity index is 782. The monoisotopic (exact) mass is 346 g/mol. The Labute approximate surface area is 144 Å². The molecule has 0 saturated carbocycles. The molecule has 1 N–H and O–H groups in total. The van der Waals surface area contributed by atoms with Crippen LogP contribution in [-0.2, 0) is 10.0 Å². The molecule has 2 rings (SSSR count). The van der Waals surface area contributed by atoms with Gasteiger partial charge in [-0.1, -0.05) is 37.8 Å². The molecular formula is C18H22N2O3S. The van der Waals surface area contributed by atoms with Crippen LogP contribution in [0, 0.1) is 29.1 Å². The van der Waals surface area contributed by atoms with Crippen LogP contribution in [0.15, 0.2) is 24.3 Å². The third kappa shape index (κ3) is 3.47. The second-order valence-corrected chi connectivity index (χ2v) is 8.29. The molecule has 0 radical (unpaired) electrons. The fraction of sp³-hybridized carbons (Fsp3) is 0.500. The van der Waals surface area contributed by atoms with E-state index >= 15 is 0 Å². The topological polar surface area (TPSA) is 81.4 Å². The Balaban J connectivity index is 2.29. The van der Waals surface area contributed by atoms with Gasteiger partial charge < -0.3 is 5.11 Å². The van der Waals surface area contributed by atoms with E-state index < -0.39 is 22.1 Å². The van der Waals surface area contributed by atoms with Gasteiger partial charge in [0.15, 0.2) is 0 Å². The van der Waals surface area contributed by atoms with Crippen LogP contribution in [0.5, 0.6) is 0 Å². The van der Waals surface area contributed by atoms with Gasteiger partial charge in [0.2, 0.25) is 10.0 Å². The Hall–Kier alpha value is -1.86. The van der Waals surface area contributed by atoms with Crippen molar-refractivity contribution >= 4 is 10.0 Å². The number of nitriles is 1. The summed E-state index contributed by atoms with van der Waals surface area (Å²) in [7, 11) is -3.52. The summed E-state index contributed by atoms with van der Waals surface area (Å²) in [4.78, 5) is 0. The number of nitrogens with zero attached hydrogens (tertiary/aromatic N) is 2. The molecule has 5 nitrogen and oxygen atoms in total. The molecule has 1 aliphatic heterocycles. The van der Waals surface area contributed by atoms with Gasteiger partial charge in [0.1, 0.15) is 6.04 Å². The van der Waals surface area contributed by atoms with Gasteiger partial charge in [-0.05, 0) is 24.6 Å². The SMILES string of the molecule is CCS(=O)(=O)N1[C@H](CO)[C@H](c2ccc(C#CC(C)C)cc2)[C@@H]1C#N. The summed E-state index contributed by atoms with van der Waals surface area (Å²) in [5.74, 6) is 6.02. The van der Waals surface area contributed by atoms with Gasteiger partial charge in [-0.3, -0.25) is 0 Å². The summed E-state index contributed by atoms with van der Waals surface area (Å²) in [5, 5.41) is 19.0. The highest BCUT2D eigenvalue weighted by atomic mass is 32.2. The molecule has 1 aliphatic rings. The number of benzene rings is 1. The molecular weight excluding hydrogens is 324 g/mol. The number of aliphatic hydroxyl groups excluding tert-OH is 1. The van der Waals surface area contributed by atoms with Gasteiger partial charge in [0.25, 0.3) is 0 Å². The van der Waals surface area contributed by atoms with Crippen LogP contribution in [0.4, 0.5) is 0 Å². The number of hydrogen-bond donors (Lipinski definition) is 1. The Kier molecular flexibility index (Phi) is 5.66. The third-order valence-electron chi connectivity index (χ3n) is 4.16. The molecule has 1 fully saturated rings. The van der Waals surface area contributed by atoms with E-state index in [2.05, 4.69) is 17.9 Å². The van der Waals surface area contributed by atoms with Crippen molar-refractivity contribution in [2.45, 2.75) is 38.8 Å². The van der Waals surface area contributed by atoms with Crippen LogP contribution in [0.25, 0.3) is 0 Å². The summed E-state index contributed by atoms with van der Waals surface area (Å²) >= 11 is 0. The second kappa shape index (κ2) is 7.36. The van der Waals surface area contributed by atoms with Crippen LogP contribution in [-0.4, -0.2) is 42.3 Å². The minimum Gasteiger partial charge on any atom is -0.395 e. The minimum atomic E-state index is -3.52. The number of aliphatic hydroxyl groups is 1. The van der Waals surface area contributed by atoms with E-state index in [4.69, 9.17) is 0 Å². The van der Waals surface area contributed by atoms with Crippen molar-refractivity contribution in [3.63, 3.8) is 0 Å². The van der Waals surface area contributed by atoms with E-state index in [1.54, 1.807) is 0 Å². The highest BCUT2D eigenvalue weighted by Crippen LogP contribution is 2.42. The van der Waals surface area contributed by atoms with Gasteiger partial charge in [-0.25, -0.2) is 8.42 Å². The van der Waals surface area contributed by atoms with E-state index in [0.29, 0.717) is 0 Å². The van der Waals surface area contributed by atoms with Crippen LogP contribution in [0.3, 0.4) is 0 Å². The first-order valence-corrected chi connectivity index (χ1v) is 9.59. The molecule has 0 bridgehead atoms. The molecule has 1 saturated heterocycles. The lowest BCUT2D eigenvalue weighted by atomic mass is 9.78. The average Bonchev–Trinajstić information content (AvgIpc) is 2.53. The van der Waals surface area contributed by atoms with E-state index in [9.17, 15) is 18.8 Å². The smallest absolute Gasteiger partial charge is 0.215 e. The number of rotatable bonds is 4. The van der Waals surface area contributed by atoms with Crippen LogP contribution in [0.2, 0.25) is 0 Å². The first-order valence-electron chi connectivity index (χ1n) is 7.98. The summed E-state index contributed by atoms with van der Waals surface area (Å²) in [6, 6.07) is 8.15. The van der Waals surface area contributed by atoms with E-state index in [1.165, 1.54) is 6.92 Å². The molecule has 3 atom stereocenters. The van der Waals surface area contributed by atoms with Crippen molar-refractivity contribution in [3.05, 3.63) is 35.4 Å². The molecule has 1 heterocycles. The molecule has 1 aromatic carbocycles. The molecule has 6 heteroatoms. The minimum absolute atomic E-state index is 0.0852. The lowest BCUT2D eigenvalue weighted by Gasteiger charge is -2.50. The van der Waals surface area contributed by atoms with Gasteiger partial charge in [-0.2, -0.15) is 9.57 Å². The third-order valence-corrected chi connectivity index (χ3v) is 6.03. The van der Waals surface area contributed by atoms with E-state index in [1.807, 2.05) is 38.1 Å². The predicted octanol–water partition coefficient (Wildman–Crippen LogP) is 1.70. The van der Waals surface area contributed by atoms with Gasteiger partial charge >= 0.3 is 0 Å². The molecule has 128 valence electrons. The van der Waals surface area contributed by atoms with Crippen molar-refractivity contribution in [3.8, 4) is 17.9 Å². The lowest BCUT2D eigenvalue weighted by molar-refractivity contribution is 0.0558. The molecule has 0 aliphatic carbocycles. The Morgan fingerprint density at radius 2 is 1.92 bits per heavy atom. The molecule has 0 unspecified atom stereocenters. The zero-order valence-electron chi connectivity index (χ0n) is 14.1. The number of sulfonamides is 1. The summed E-state index contributed by atoms with van der Waals surface area (Å²) in [6.45, 7) is 5.26. The first kappa shape index (κ1) is 18.5. The van der Waals surface area contributed by atoms with Gasteiger partial charge in [0, 0.05) is 17.4 Å².